The van der Waals surface area contributed by atoms with Gasteiger partial charge >= 0.3 is 0 Å². The molecule has 6 heteroatoms. The maximum atomic E-state index is 11.2. The Morgan fingerprint density at radius 2 is 2.17 bits per heavy atom. The van der Waals surface area contributed by atoms with E-state index in [0.717, 1.165) is 4.31 Å². The zero-order chi connectivity index (χ0) is 9.19. The van der Waals surface area contributed by atoms with Crippen LogP contribution < -0.4 is 5.73 Å². The molecular weight excluding hydrogens is 180 g/mol. The molecule has 0 saturated carbocycles. The van der Waals surface area contributed by atoms with E-state index in [4.69, 9.17) is 5.73 Å². The first-order valence-corrected chi connectivity index (χ1v) is 5.42. The van der Waals surface area contributed by atoms with Crippen LogP contribution in [0.1, 0.15) is 12.8 Å². The SMILES string of the molecule is NCCN1C(=O)CCCS1(=O)=O. The highest BCUT2D eigenvalue weighted by molar-refractivity contribution is 7.89. The van der Waals surface area contributed by atoms with E-state index in [2.05, 4.69) is 0 Å². The number of rotatable bonds is 2. The van der Waals surface area contributed by atoms with Crippen LogP contribution in [0.2, 0.25) is 0 Å². The van der Waals surface area contributed by atoms with Crippen molar-refractivity contribution in [3.63, 3.8) is 0 Å². The Morgan fingerprint density at radius 1 is 1.50 bits per heavy atom. The molecular formula is C6H12N2O3S. The van der Waals surface area contributed by atoms with E-state index in [1.54, 1.807) is 0 Å². The molecule has 0 bridgehead atoms. The number of sulfonamides is 1. The van der Waals surface area contributed by atoms with Gasteiger partial charge in [-0.2, -0.15) is 0 Å². The molecule has 70 valence electrons. The third kappa shape index (κ3) is 1.75. The van der Waals surface area contributed by atoms with Gasteiger partial charge < -0.3 is 5.73 Å². The normalized spacial score (nSPS) is 22.8. The summed E-state index contributed by atoms with van der Waals surface area (Å²) in [5.41, 5.74) is 5.18. The van der Waals surface area contributed by atoms with Crippen molar-refractivity contribution in [2.75, 3.05) is 18.8 Å². The quantitative estimate of drug-likeness (QED) is 0.602. The fourth-order valence-electron chi connectivity index (χ4n) is 1.18. The number of nitrogens with zero attached hydrogens (tertiary/aromatic N) is 1. The lowest BCUT2D eigenvalue weighted by Crippen LogP contribution is -2.44. The number of amides is 1. The second-order valence-corrected chi connectivity index (χ2v) is 4.69. The first-order chi connectivity index (χ1) is 5.58. The summed E-state index contributed by atoms with van der Waals surface area (Å²) in [4.78, 5) is 11.1. The van der Waals surface area contributed by atoms with Crippen molar-refractivity contribution in [2.24, 2.45) is 5.73 Å². The number of carbonyl (C=O) groups is 1. The zero-order valence-corrected chi connectivity index (χ0v) is 7.51. The van der Waals surface area contributed by atoms with Crippen molar-refractivity contribution in [3.05, 3.63) is 0 Å². The van der Waals surface area contributed by atoms with Gasteiger partial charge in [0.15, 0.2) is 0 Å². The molecule has 0 atom stereocenters. The minimum absolute atomic E-state index is 0.0682. The van der Waals surface area contributed by atoms with Crippen molar-refractivity contribution in [3.8, 4) is 0 Å². The van der Waals surface area contributed by atoms with Crippen LogP contribution in [-0.4, -0.2) is 37.5 Å². The molecule has 1 amide bonds. The third-order valence-corrected chi connectivity index (χ3v) is 3.60. The maximum absolute atomic E-state index is 11.2. The van der Waals surface area contributed by atoms with Gasteiger partial charge in [0.2, 0.25) is 15.9 Å². The lowest BCUT2D eigenvalue weighted by Gasteiger charge is -2.25. The molecule has 0 radical (unpaired) electrons. The Balaban J connectivity index is 2.81. The van der Waals surface area contributed by atoms with Gasteiger partial charge in [-0.3, -0.25) is 4.79 Å². The molecule has 0 aromatic carbocycles. The Kier molecular flexibility index (Phi) is 2.69. The third-order valence-electron chi connectivity index (χ3n) is 1.74. The molecule has 0 aliphatic carbocycles. The van der Waals surface area contributed by atoms with Crippen LogP contribution >= 0.6 is 0 Å². The minimum atomic E-state index is -3.33. The molecule has 0 unspecified atom stereocenters. The monoisotopic (exact) mass is 192 g/mol. The molecule has 5 nitrogen and oxygen atoms in total. The molecule has 1 saturated heterocycles. The minimum Gasteiger partial charge on any atom is -0.329 e. The molecule has 1 aliphatic rings. The molecule has 1 heterocycles. The maximum Gasteiger partial charge on any atom is 0.237 e. The second kappa shape index (κ2) is 3.40. The Labute approximate surface area is 71.6 Å². The van der Waals surface area contributed by atoms with Gasteiger partial charge in [0.25, 0.3) is 0 Å². The predicted molar refractivity (Wildman–Crippen MR) is 43.8 cm³/mol. The smallest absolute Gasteiger partial charge is 0.237 e. The molecule has 12 heavy (non-hydrogen) atoms. The molecule has 0 spiro atoms. The number of carbonyl (C=O) groups excluding carboxylic acids is 1. The van der Waals surface area contributed by atoms with Crippen molar-refractivity contribution in [1.82, 2.24) is 4.31 Å². The second-order valence-electron chi connectivity index (χ2n) is 2.67. The van der Waals surface area contributed by atoms with Crippen LogP contribution in [0.15, 0.2) is 0 Å². The summed E-state index contributed by atoms with van der Waals surface area (Å²) in [6, 6.07) is 0. The van der Waals surface area contributed by atoms with Gasteiger partial charge in [0, 0.05) is 19.5 Å². The standard InChI is InChI=1S/C6H12N2O3S/c7-3-4-8-6(9)2-1-5-12(8,10)11/h1-5,7H2. The topological polar surface area (TPSA) is 80.5 Å². The highest BCUT2D eigenvalue weighted by Crippen LogP contribution is 2.13. The Morgan fingerprint density at radius 3 is 2.67 bits per heavy atom. The van der Waals surface area contributed by atoms with Crippen molar-refractivity contribution in [1.29, 1.82) is 0 Å². The summed E-state index contributed by atoms with van der Waals surface area (Å²) in [6.07, 6.45) is 0.751. The predicted octanol–water partition coefficient (Wildman–Crippen LogP) is -1.10. The fraction of sp³-hybridized carbons (Fsp3) is 0.833. The first kappa shape index (κ1) is 9.47. The summed E-state index contributed by atoms with van der Waals surface area (Å²) < 4.78 is 23.3. The summed E-state index contributed by atoms with van der Waals surface area (Å²) in [5, 5.41) is 0. The summed E-state index contributed by atoms with van der Waals surface area (Å²) >= 11 is 0. The first-order valence-electron chi connectivity index (χ1n) is 3.81. The lowest BCUT2D eigenvalue weighted by molar-refractivity contribution is -0.126. The van der Waals surface area contributed by atoms with E-state index >= 15 is 0 Å². The summed E-state index contributed by atoms with van der Waals surface area (Å²) in [6.45, 7) is 0.298. The molecule has 2 N–H and O–H groups in total. The zero-order valence-electron chi connectivity index (χ0n) is 6.69. The average molecular weight is 192 g/mol. The van der Waals surface area contributed by atoms with Crippen LogP contribution in [0, 0.1) is 0 Å². The van der Waals surface area contributed by atoms with E-state index in [1.807, 2.05) is 0 Å². The average Bonchev–Trinajstić information content (AvgIpc) is 1.97. The molecule has 1 rings (SSSR count). The van der Waals surface area contributed by atoms with Crippen LogP contribution in [-0.2, 0) is 14.8 Å². The van der Waals surface area contributed by atoms with Crippen LogP contribution in [0.3, 0.4) is 0 Å². The Hall–Kier alpha value is -0.620. The van der Waals surface area contributed by atoms with E-state index < -0.39 is 10.0 Å². The van der Waals surface area contributed by atoms with Crippen LogP contribution in [0.4, 0.5) is 0 Å². The van der Waals surface area contributed by atoms with E-state index in [1.165, 1.54) is 0 Å². The van der Waals surface area contributed by atoms with Gasteiger partial charge in [-0.05, 0) is 6.42 Å². The molecule has 1 fully saturated rings. The fourth-order valence-corrected chi connectivity index (χ4v) is 2.69. The number of hydrogen-bond acceptors (Lipinski definition) is 4. The van der Waals surface area contributed by atoms with E-state index in [0.29, 0.717) is 12.8 Å². The number of hydrogen-bond donors (Lipinski definition) is 1. The summed E-state index contributed by atoms with van der Waals surface area (Å²) in [7, 11) is -3.33. The number of nitrogens with two attached hydrogens (primary N) is 1. The van der Waals surface area contributed by atoms with Crippen molar-refractivity contribution < 1.29 is 13.2 Å². The van der Waals surface area contributed by atoms with Gasteiger partial charge in [0.1, 0.15) is 0 Å². The van der Waals surface area contributed by atoms with Gasteiger partial charge in [0.05, 0.1) is 5.75 Å². The van der Waals surface area contributed by atoms with Gasteiger partial charge in [-0.25, -0.2) is 12.7 Å². The van der Waals surface area contributed by atoms with E-state index in [-0.39, 0.29) is 24.7 Å². The molecule has 0 aromatic heterocycles. The molecule has 0 aromatic rings. The Bertz CT molecular complexity index is 273. The van der Waals surface area contributed by atoms with Gasteiger partial charge in [-0.1, -0.05) is 0 Å². The summed E-state index contributed by atoms with van der Waals surface area (Å²) in [5.74, 6) is -0.259. The van der Waals surface area contributed by atoms with Crippen molar-refractivity contribution in [2.45, 2.75) is 12.8 Å². The van der Waals surface area contributed by atoms with Crippen LogP contribution in [0.5, 0.6) is 0 Å². The van der Waals surface area contributed by atoms with E-state index in [9.17, 15) is 13.2 Å². The lowest BCUT2D eigenvalue weighted by atomic mass is 10.3. The highest BCUT2D eigenvalue weighted by atomic mass is 32.2. The van der Waals surface area contributed by atoms with Crippen LogP contribution in [0.25, 0.3) is 0 Å². The van der Waals surface area contributed by atoms with Gasteiger partial charge in [-0.15, -0.1) is 0 Å². The molecule has 1 aliphatic heterocycles. The van der Waals surface area contributed by atoms with Crippen molar-refractivity contribution >= 4 is 15.9 Å². The largest absolute Gasteiger partial charge is 0.329 e. The highest BCUT2D eigenvalue weighted by Gasteiger charge is 2.30.